The van der Waals surface area contributed by atoms with Crippen molar-refractivity contribution in [1.82, 2.24) is 4.31 Å². The van der Waals surface area contributed by atoms with Crippen LogP contribution < -0.4 is 11.1 Å². The number of anilines is 2. The first-order valence-corrected chi connectivity index (χ1v) is 10.3. The zero-order valence-corrected chi connectivity index (χ0v) is 16.3. The van der Waals surface area contributed by atoms with E-state index in [0.29, 0.717) is 12.8 Å². The molecule has 7 nitrogen and oxygen atoms in total. The van der Waals surface area contributed by atoms with E-state index in [4.69, 9.17) is 17.3 Å². The van der Waals surface area contributed by atoms with Crippen molar-refractivity contribution in [3.63, 3.8) is 0 Å². The molecule has 2 aromatic carbocycles. The highest BCUT2D eigenvalue weighted by Crippen LogP contribution is 2.27. The molecule has 1 aliphatic heterocycles. The van der Waals surface area contributed by atoms with Crippen LogP contribution in [0.5, 0.6) is 0 Å². The number of nitrogens with one attached hydrogen (secondary N) is 1. The van der Waals surface area contributed by atoms with Crippen LogP contribution >= 0.6 is 11.6 Å². The molecule has 1 heterocycles. The van der Waals surface area contributed by atoms with Crippen LogP contribution in [0.15, 0.2) is 41.3 Å². The maximum absolute atomic E-state index is 13.2. The molecule has 2 aromatic rings. The monoisotopic (exact) mass is 427 g/mol. The van der Waals surface area contributed by atoms with Gasteiger partial charge in [0.1, 0.15) is 10.7 Å². The molecule has 0 aliphatic carbocycles. The molecule has 1 saturated heterocycles. The molecule has 1 amide bonds. The van der Waals surface area contributed by atoms with Gasteiger partial charge in [0.15, 0.2) is 0 Å². The lowest BCUT2D eigenvalue weighted by Crippen LogP contribution is -2.40. The second kappa shape index (κ2) is 8.04. The quantitative estimate of drug-likeness (QED) is 0.649. The van der Waals surface area contributed by atoms with Crippen LogP contribution in [0.3, 0.4) is 0 Å². The van der Waals surface area contributed by atoms with Crippen LogP contribution in [0.2, 0.25) is 5.02 Å². The Morgan fingerprint density at radius 3 is 2.54 bits per heavy atom. The lowest BCUT2D eigenvalue weighted by molar-refractivity contribution is 0.102. The van der Waals surface area contributed by atoms with Gasteiger partial charge in [0.25, 0.3) is 5.91 Å². The number of hydrogen-bond acceptors (Lipinski definition) is 5. The molecular formula is C18H19ClFN3O4S. The molecule has 1 fully saturated rings. The van der Waals surface area contributed by atoms with Gasteiger partial charge in [0, 0.05) is 24.3 Å². The van der Waals surface area contributed by atoms with Crippen molar-refractivity contribution >= 4 is 38.9 Å². The third-order valence-electron chi connectivity index (χ3n) is 4.49. The summed E-state index contributed by atoms with van der Waals surface area (Å²) in [5.74, 6) is -1.21. The molecular weight excluding hydrogens is 409 g/mol. The summed E-state index contributed by atoms with van der Waals surface area (Å²) in [4.78, 5) is 12.3. The van der Waals surface area contributed by atoms with Crippen molar-refractivity contribution < 1.29 is 22.7 Å². The molecule has 28 heavy (non-hydrogen) atoms. The standard InChI is InChI=1S/C18H19ClFN3O4S/c19-14-10-12(2-3-15(14)20)22-18(25)11-1-4-16(21)17(9-11)28(26,27)23-7-5-13(24)6-8-23/h1-4,9-10,13,24H,5-8,21H2,(H,22,25). The Labute approximate surface area is 167 Å². The molecule has 0 bridgehead atoms. The van der Waals surface area contributed by atoms with Crippen molar-refractivity contribution in [2.75, 3.05) is 24.1 Å². The van der Waals surface area contributed by atoms with Gasteiger partial charge in [0.2, 0.25) is 10.0 Å². The highest BCUT2D eigenvalue weighted by molar-refractivity contribution is 7.89. The fourth-order valence-electron chi connectivity index (χ4n) is 2.90. The van der Waals surface area contributed by atoms with Gasteiger partial charge in [-0.2, -0.15) is 4.31 Å². The predicted molar refractivity (Wildman–Crippen MR) is 104 cm³/mol. The number of rotatable bonds is 4. The maximum atomic E-state index is 13.2. The van der Waals surface area contributed by atoms with E-state index in [1.165, 1.54) is 34.6 Å². The van der Waals surface area contributed by atoms with Crippen LogP contribution in [-0.2, 0) is 10.0 Å². The lowest BCUT2D eigenvalue weighted by Gasteiger charge is -2.29. The Kier molecular flexibility index (Phi) is 5.90. The van der Waals surface area contributed by atoms with Crippen LogP contribution in [0.1, 0.15) is 23.2 Å². The molecule has 0 saturated carbocycles. The number of benzene rings is 2. The lowest BCUT2D eigenvalue weighted by atomic mass is 10.1. The number of sulfonamides is 1. The van der Waals surface area contributed by atoms with Crippen molar-refractivity contribution in [3.05, 3.63) is 52.8 Å². The average Bonchev–Trinajstić information content (AvgIpc) is 2.65. The van der Waals surface area contributed by atoms with Crippen molar-refractivity contribution in [1.29, 1.82) is 0 Å². The summed E-state index contributed by atoms with van der Waals surface area (Å²) in [7, 11) is -3.91. The molecule has 4 N–H and O–H groups in total. The first-order chi connectivity index (χ1) is 13.2. The average molecular weight is 428 g/mol. The molecule has 0 atom stereocenters. The molecule has 0 aromatic heterocycles. The van der Waals surface area contributed by atoms with E-state index >= 15 is 0 Å². The molecule has 0 unspecified atom stereocenters. The summed E-state index contributed by atoms with van der Waals surface area (Å²) in [5.41, 5.74) is 6.21. The predicted octanol–water partition coefficient (Wildman–Crippen LogP) is 2.46. The second-order valence-corrected chi connectivity index (χ2v) is 8.78. The normalized spacial score (nSPS) is 16.1. The fourth-order valence-corrected chi connectivity index (χ4v) is 4.69. The van der Waals surface area contributed by atoms with Crippen LogP contribution in [0.25, 0.3) is 0 Å². The van der Waals surface area contributed by atoms with E-state index in [2.05, 4.69) is 5.32 Å². The first kappa shape index (κ1) is 20.5. The largest absolute Gasteiger partial charge is 0.398 e. The van der Waals surface area contributed by atoms with Crippen LogP contribution in [0, 0.1) is 5.82 Å². The van der Waals surface area contributed by atoms with Gasteiger partial charge in [-0.1, -0.05) is 11.6 Å². The Hall–Kier alpha value is -2.20. The van der Waals surface area contributed by atoms with Crippen molar-refractivity contribution in [2.24, 2.45) is 0 Å². The Bertz CT molecular complexity index is 1010. The number of halogens is 2. The van der Waals surface area contributed by atoms with Gasteiger partial charge in [-0.25, -0.2) is 12.8 Å². The van der Waals surface area contributed by atoms with E-state index in [0.717, 1.165) is 6.07 Å². The van der Waals surface area contributed by atoms with Crippen molar-refractivity contribution in [2.45, 2.75) is 23.8 Å². The number of aliphatic hydroxyl groups excluding tert-OH is 1. The van der Waals surface area contributed by atoms with Gasteiger partial charge in [-0.05, 0) is 49.2 Å². The number of piperidine rings is 1. The zero-order valence-electron chi connectivity index (χ0n) is 14.7. The number of nitrogens with zero attached hydrogens (tertiary/aromatic N) is 1. The summed E-state index contributed by atoms with van der Waals surface area (Å²) in [5, 5.41) is 12.0. The van der Waals surface area contributed by atoms with Crippen molar-refractivity contribution in [3.8, 4) is 0 Å². The minimum atomic E-state index is -3.91. The number of carbonyl (C=O) groups excluding carboxylic acids is 1. The summed E-state index contributed by atoms with van der Waals surface area (Å²) in [6.45, 7) is 0.348. The maximum Gasteiger partial charge on any atom is 0.255 e. The van der Waals surface area contributed by atoms with Gasteiger partial charge in [-0.15, -0.1) is 0 Å². The molecule has 150 valence electrons. The summed E-state index contributed by atoms with van der Waals surface area (Å²) >= 11 is 5.70. The molecule has 1 aliphatic rings. The number of amides is 1. The zero-order chi connectivity index (χ0) is 20.5. The third kappa shape index (κ3) is 4.27. The minimum Gasteiger partial charge on any atom is -0.398 e. The smallest absolute Gasteiger partial charge is 0.255 e. The number of hydrogen-bond donors (Lipinski definition) is 3. The summed E-state index contributed by atoms with van der Waals surface area (Å²) in [6, 6.07) is 7.65. The number of carbonyl (C=O) groups is 1. The van der Waals surface area contributed by atoms with E-state index in [-0.39, 0.29) is 39.9 Å². The van der Waals surface area contributed by atoms with E-state index < -0.39 is 27.9 Å². The fraction of sp³-hybridized carbons (Fsp3) is 0.278. The minimum absolute atomic E-state index is 0.0208. The molecule has 0 radical (unpaired) electrons. The Balaban J connectivity index is 1.86. The number of aliphatic hydroxyl groups is 1. The van der Waals surface area contributed by atoms with Crippen LogP contribution in [-0.4, -0.2) is 42.9 Å². The van der Waals surface area contributed by atoms with E-state index in [1.54, 1.807) is 0 Å². The molecule has 0 spiro atoms. The van der Waals surface area contributed by atoms with E-state index in [1.807, 2.05) is 0 Å². The summed E-state index contributed by atoms with van der Waals surface area (Å²) in [6.07, 6.45) is 0.151. The Morgan fingerprint density at radius 1 is 1.21 bits per heavy atom. The first-order valence-electron chi connectivity index (χ1n) is 8.52. The number of nitrogens with two attached hydrogens (primary N) is 1. The SMILES string of the molecule is Nc1ccc(C(=O)Nc2ccc(F)c(Cl)c2)cc1S(=O)(=O)N1CCC(O)CC1. The highest BCUT2D eigenvalue weighted by Gasteiger charge is 2.30. The highest BCUT2D eigenvalue weighted by atomic mass is 35.5. The van der Waals surface area contributed by atoms with E-state index in [9.17, 15) is 22.7 Å². The van der Waals surface area contributed by atoms with Gasteiger partial charge < -0.3 is 16.2 Å². The van der Waals surface area contributed by atoms with Gasteiger partial charge in [-0.3, -0.25) is 4.79 Å². The third-order valence-corrected chi connectivity index (χ3v) is 6.74. The topological polar surface area (TPSA) is 113 Å². The van der Waals surface area contributed by atoms with Crippen LogP contribution in [0.4, 0.5) is 15.8 Å². The Morgan fingerprint density at radius 2 is 1.89 bits per heavy atom. The molecule has 10 heteroatoms. The van der Waals surface area contributed by atoms with Gasteiger partial charge in [0.05, 0.1) is 16.8 Å². The molecule has 3 rings (SSSR count). The second-order valence-electron chi connectivity index (χ2n) is 6.47. The summed E-state index contributed by atoms with van der Waals surface area (Å²) < 4.78 is 40.3. The number of nitrogen functional groups attached to an aromatic ring is 1. The van der Waals surface area contributed by atoms with Gasteiger partial charge >= 0.3 is 0 Å².